The van der Waals surface area contributed by atoms with Gasteiger partial charge in [0, 0.05) is 6.72 Å². The lowest BCUT2D eigenvalue weighted by Crippen LogP contribution is -2.58. The summed E-state index contributed by atoms with van der Waals surface area (Å²) in [6, 6.07) is 7.88. The number of benzene rings is 1. The van der Waals surface area contributed by atoms with Crippen LogP contribution in [0.3, 0.4) is 0 Å². The quantitative estimate of drug-likeness (QED) is 0.403. The summed E-state index contributed by atoms with van der Waals surface area (Å²) in [6.45, 7) is 7.21. The fraction of sp³-hybridized carbons (Fsp3) is 0.125. The van der Waals surface area contributed by atoms with Crippen molar-refractivity contribution in [3.05, 3.63) is 29.8 Å². The van der Waals surface area contributed by atoms with Crippen molar-refractivity contribution in [1.82, 2.24) is 0 Å². The SMILES string of the molecule is [CH-]=[NH+]c1ccccc1C. The molecule has 0 aliphatic carbocycles. The van der Waals surface area contributed by atoms with Crippen LogP contribution in [0.5, 0.6) is 0 Å². The van der Waals surface area contributed by atoms with Crippen LogP contribution in [-0.4, -0.2) is 6.72 Å². The Bertz CT molecular complexity index is 216. The highest BCUT2D eigenvalue weighted by molar-refractivity contribution is 5.38. The van der Waals surface area contributed by atoms with Gasteiger partial charge in [-0.25, -0.2) is 0 Å². The second-order valence-electron chi connectivity index (χ2n) is 1.96. The van der Waals surface area contributed by atoms with E-state index in [1.165, 1.54) is 5.56 Å². The van der Waals surface area contributed by atoms with Gasteiger partial charge >= 0.3 is 0 Å². The van der Waals surface area contributed by atoms with Gasteiger partial charge in [0.25, 0.3) is 0 Å². The number of para-hydroxylation sites is 1. The maximum Gasteiger partial charge on any atom is 0.0607 e. The molecule has 0 bridgehead atoms. The summed E-state index contributed by atoms with van der Waals surface area (Å²) >= 11 is 0. The summed E-state index contributed by atoms with van der Waals surface area (Å²) in [5, 5.41) is 0. The predicted molar refractivity (Wildman–Crippen MR) is 37.9 cm³/mol. The molecule has 1 rings (SSSR count). The number of rotatable bonds is 1. The molecule has 0 unspecified atom stereocenters. The lowest BCUT2D eigenvalue weighted by atomic mass is 10.2. The van der Waals surface area contributed by atoms with E-state index < -0.39 is 0 Å². The maximum absolute atomic E-state index is 5.20. The van der Waals surface area contributed by atoms with E-state index in [0.29, 0.717) is 0 Å². The first-order chi connectivity index (χ1) is 4.34. The van der Waals surface area contributed by atoms with E-state index in [4.69, 9.17) is 6.72 Å². The molecule has 1 nitrogen and oxygen atoms in total. The molecule has 46 valence electrons. The van der Waals surface area contributed by atoms with Gasteiger partial charge in [0.1, 0.15) is 0 Å². The zero-order valence-electron chi connectivity index (χ0n) is 5.39. The molecule has 0 atom stereocenters. The summed E-state index contributed by atoms with van der Waals surface area (Å²) in [5.74, 6) is 0. The minimum Gasteiger partial charge on any atom is -0.380 e. The first-order valence-electron chi connectivity index (χ1n) is 2.87. The largest absolute Gasteiger partial charge is 0.380 e. The molecule has 1 aromatic rings. The summed E-state index contributed by atoms with van der Waals surface area (Å²) in [7, 11) is 0. The molecule has 1 heteroatoms. The number of hydrogen-bond donors (Lipinski definition) is 1. The molecule has 9 heavy (non-hydrogen) atoms. The van der Waals surface area contributed by atoms with Crippen molar-refractivity contribution in [2.75, 3.05) is 0 Å². The molecule has 0 spiro atoms. The normalized spacial score (nSPS) is 9.00. The van der Waals surface area contributed by atoms with Crippen molar-refractivity contribution in [3.63, 3.8) is 0 Å². The van der Waals surface area contributed by atoms with Gasteiger partial charge < -0.3 is 4.99 Å². The number of hydrogen-bond acceptors (Lipinski definition) is 0. The van der Waals surface area contributed by atoms with Crippen LogP contribution >= 0.6 is 0 Å². The molecule has 0 heterocycles. The highest BCUT2D eigenvalue weighted by Gasteiger charge is 1.85. The minimum atomic E-state index is 0.984. The number of aryl methyl sites for hydroxylation is 1. The molecular weight excluding hydrogens is 110 g/mol. The molecule has 1 aromatic carbocycles. The van der Waals surface area contributed by atoms with E-state index in [0.717, 1.165) is 5.69 Å². The molecular formula is C8H9N. The first-order valence-corrected chi connectivity index (χ1v) is 2.87. The Morgan fingerprint density at radius 2 is 2.00 bits per heavy atom. The smallest absolute Gasteiger partial charge is 0.0607 e. The van der Waals surface area contributed by atoms with Crippen LogP contribution in [-0.2, 0) is 0 Å². The summed E-state index contributed by atoms with van der Waals surface area (Å²) in [4.78, 5) is 2.60. The molecule has 0 radical (unpaired) electrons. The first kappa shape index (κ1) is 6.02. The third kappa shape index (κ3) is 1.17. The van der Waals surface area contributed by atoms with Crippen molar-refractivity contribution in [1.29, 1.82) is 0 Å². The third-order valence-corrected chi connectivity index (χ3v) is 1.30. The number of nitrogens with one attached hydrogen (secondary N) is 1. The second kappa shape index (κ2) is 2.44. The lowest BCUT2D eigenvalue weighted by Gasteiger charge is -1.97. The van der Waals surface area contributed by atoms with E-state index >= 15 is 0 Å². The zero-order chi connectivity index (χ0) is 6.69. The Balaban J connectivity index is 3.15. The monoisotopic (exact) mass is 119 g/mol. The topological polar surface area (TPSA) is 14.0 Å². The molecule has 0 fully saturated rings. The molecule has 1 N–H and O–H groups in total. The average molecular weight is 119 g/mol. The average Bonchev–Trinajstić information content (AvgIpc) is 1.89. The Morgan fingerprint density at radius 3 is 2.44 bits per heavy atom. The standard InChI is InChI=1S/C8H9N/c1-7-5-3-4-6-8(7)9-2/h2-6,9H,1H3. The van der Waals surface area contributed by atoms with Crippen molar-refractivity contribution >= 4 is 12.4 Å². The van der Waals surface area contributed by atoms with Gasteiger partial charge in [-0.15, -0.1) is 0 Å². The van der Waals surface area contributed by atoms with Gasteiger partial charge in [0.05, 0.1) is 5.69 Å². The van der Waals surface area contributed by atoms with Gasteiger partial charge in [-0.05, 0) is 0 Å². The third-order valence-electron chi connectivity index (χ3n) is 1.30. The summed E-state index contributed by atoms with van der Waals surface area (Å²) in [5.41, 5.74) is 2.15. The van der Waals surface area contributed by atoms with E-state index in [2.05, 4.69) is 4.99 Å². The highest BCUT2D eigenvalue weighted by atomic mass is 14.7. The van der Waals surface area contributed by atoms with Gasteiger partial charge in [0.15, 0.2) is 0 Å². The van der Waals surface area contributed by atoms with Gasteiger partial charge in [-0.3, -0.25) is 0 Å². The lowest BCUT2D eigenvalue weighted by molar-refractivity contribution is -0.342. The summed E-state index contributed by atoms with van der Waals surface area (Å²) in [6.07, 6.45) is 0. The molecule has 0 saturated heterocycles. The van der Waals surface area contributed by atoms with Gasteiger partial charge in [0.2, 0.25) is 0 Å². The van der Waals surface area contributed by atoms with E-state index in [1.807, 2.05) is 31.2 Å². The van der Waals surface area contributed by atoms with Crippen molar-refractivity contribution in [3.8, 4) is 0 Å². The molecule has 0 aliphatic heterocycles. The molecule has 0 saturated carbocycles. The van der Waals surface area contributed by atoms with E-state index in [1.54, 1.807) is 0 Å². The van der Waals surface area contributed by atoms with Gasteiger partial charge in [-0.1, -0.05) is 36.8 Å². The van der Waals surface area contributed by atoms with E-state index in [-0.39, 0.29) is 0 Å². The van der Waals surface area contributed by atoms with E-state index in [9.17, 15) is 0 Å². The van der Waals surface area contributed by atoms with Crippen LogP contribution in [0.15, 0.2) is 24.3 Å². The molecule has 0 amide bonds. The second-order valence-corrected chi connectivity index (χ2v) is 1.96. The Hall–Kier alpha value is -1.11. The van der Waals surface area contributed by atoms with Crippen LogP contribution in [0.4, 0.5) is 5.69 Å². The summed E-state index contributed by atoms with van der Waals surface area (Å²) < 4.78 is 0. The van der Waals surface area contributed by atoms with Crippen molar-refractivity contribution < 1.29 is 4.99 Å². The maximum atomic E-state index is 5.20. The Morgan fingerprint density at radius 1 is 1.33 bits per heavy atom. The van der Waals surface area contributed by atoms with Crippen LogP contribution in [0, 0.1) is 6.92 Å². The van der Waals surface area contributed by atoms with Crippen LogP contribution in [0.1, 0.15) is 5.56 Å². The minimum absolute atomic E-state index is 0.984. The Labute approximate surface area is 55.1 Å². The van der Waals surface area contributed by atoms with Crippen LogP contribution in [0.25, 0.3) is 0 Å². The highest BCUT2D eigenvalue weighted by Crippen LogP contribution is 2.04. The fourth-order valence-electron chi connectivity index (χ4n) is 0.735. The molecule has 0 aliphatic rings. The molecule has 0 aromatic heterocycles. The Kier molecular flexibility index (Phi) is 1.63. The van der Waals surface area contributed by atoms with Crippen LogP contribution < -0.4 is 4.99 Å². The van der Waals surface area contributed by atoms with Gasteiger partial charge in [-0.2, -0.15) is 0 Å². The zero-order valence-corrected chi connectivity index (χ0v) is 5.39. The fourth-order valence-corrected chi connectivity index (χ4v) is 0.735. The van der Waals surface area contributed by atoms with Crippen LogP contribution in [0.2, 0.25) is 0 Å². The predicted octanol–water partition coefficient (Wildman–Crippen LogP) is 0.285. The van der Waals surface area contributed by atoms with Crippen molar-refractivity contribution in [2.45, 2.75) is 6.92 Å². The van der Waals surface area contributed by atoms with Crippen molar-refractivity contribution in [2.24, 2.45) is 0 Å².